The SMILES string of the molecule is C=CCCCCCNC(C)C1CCCCC1. The summed E-state index contributed by atoms with van der Waals surface area (Å²) in [5, 5.41) is 3.70. The monoisotopic (exact) mass is 223 g/mol. The maximum atomic E-state index is 3.75. The lowest BCUT2D eigenvalue weighted by atomic mass is 9.84. The molecule has 1 saturated carbocycles. The summed E-state index contributed by atoms with van der Waals surface area (Å²) >= 11 is 0. The molecule has 1 aliphatic rings. The van der Waals surface area contributed by atoms with Crippen LogP contribution < -0.4 is 5.32 Å². The van der Waals surface area contributed by atoms with Gasteiger partial charge in [-0.3, -0.25) is 0 Å². The van der Waals surface area contributed by atoms with E-state index in [1.807, 2.05) is 6.08 Å². The van der Waals surface area contributed by atoms with E-state index in [2.05, 4.69) is 18.8 Å². The van der Waals surface area contributed by atoms with Gasteiger partial charge in [-0.25, -0.2) is 0 Å². The minimum absolute atomic E-state index is 0.736. The van der Waals surface area contributed by atoms with E-state index in [9.17, 15) is 0 Å². The first-order chi connectivity index (χ1) is 7.84. The van der Waals surface area contributed by atoms with Gasteiger partial charge in [-0.05, 0) is 51.5 Å². The van der Waals surface area contributed by atoms with Gasteiger partial charge in [0.2, 0.25) is 0 Å². The normalized spacial score (nSPS) is 19.6. The summed E-state index contributed by atoms with van der Waals surface area (Å²) in [6, 6.07) is 0.736. The molecule has 0 heterocycles. The Kier molecular flexibility index (Phi) is 7.58. The second-order valence-corrected chi connectivity index (χ2v) is 5.28. The van der Waals surface area contributed by atoms with Crippen LogP contribution in [-0.4, -0.2) is 12.6 Å². The highest BCUT2D eigenvalue weighted by Gasteiger charge is 2.18. The highest BCUT2D eigenvalue weighted by molar-refractivity contribution is 4.75. The molecular weight excluding hydrogens is 194 g/mol. The third-order valence-electron chi connectivity index (χ3n) is 3.91. The van der Waals surface area contributed by atoms with Gasteiger partial charge in [0.15, 0.2) is 0 Å². The molecule has 1 N–H and O–H groups in total. The summed E-state index contributed by atoms with van der Waals surface area (Å²) in [5.41, 5.74) is 0. The van der Waals surface area contributed by atoms with Crippen molar-refractivity contribution in [3.05, 3.63) is 12.7 Å². The number of unbranched alkanes of at least 4 members (excludes halogenated alkanes) is 3. The third kappa shape index (κ3) is 5.69. The smallest absolute Gasteiger partial charge is 0.00669 e. The lowest BCUT2D eigenvalue weighted by molar-refractivity contribution is 0.281. The Labute approximate surface area is 102 Å². The van der Waals surface area contributed by atoms with Gasteiger partial charge in [0.05, 0.1) is 0 Å². The lowest BCUT2D eigenvalue weighted by Gasteiger charge is -2.28. The fourth-order valence-corrected chi connectivity index (χ4v) is 2.72. The molecule has 1 heteroatoms. The number of rotatable bonds is 8. The van der Waals surface area contributed by atoms with Crippen molar-refractivity contribution in [2.45, 2.75) is 70.8 Å². The predicted octanol–water partition coefficient (Wildman–Crippen LogP) is 4.29. The van der Waals surface area contributed by atoms with Crippen LogP contribution in [0.2, 0.25) is 0 Å². The molecule has 0 amide bonds. The molecule has 94 valence electrons. The average Bonchev–Trinajstić information content (AvgIpc) is 2.34. The van der Waals surface area contributed by atoms with E-state index < -0.39 is 0 Å². The van der Waals surface area contributed by atoms with Gasteiger partial charge in [-0.1, -0.05) is 31.8 Å². The van der Waals surface area contributed by atoms with Crippen LogP contribution in [0.15, 0.2) is 12.7 Å². The summed E-state index contributed by atoms with van der Waals surface area (Å²) < 4.78 is 0. The fraction of sp³-hybridized carbons (Fsp3) is 0.867. The molecule has 16 heavy (non-hydrogen) atoms. The zero-order valence-corrected chi connectivity index (χ0v) is 11.0. The molecule has 0 bridgehead atoms. The molecule has 1 aliphatic carbocycles. The van der Waals surface area contributed by atoms with E-state index in [1.165, 1.54) is 64.3 Å². The molecule has 0 aromatic carbocycles. The van der Waals surface area contributed by atoms with Gasteiger partial charge >= 0.3 is 0 Å². The Morgan fingerprint density at radius 1 is 1.19 bits per heavy atom. The Bertz CT molecular complexity index is 170. The molecule has 0 aromatic heterocycles. The van der Waals surface area contributed by atoms with E-state index in [0.717, 1.165) is 12.0 Å². The molecule has 1 unspecified atom stereocenters. The molecule has 0 spiro atoms. The van der Waals surface area contributed by atoms with E-state index >= 15 is 0 Å². The number of allylic oxidation sites excluding steroid dienone is 1. The maximum absolute atomic E-state index is 3.75. The quantitative estimate of drug-likeness (QED) is 0.478. The van der Waals surface area contributed by atoms with Crippen molar-refractivity contribution in [3.63, 3.8) is 0 Å². The predicted molar refractivity (Wildman–Crippen MR) is 72.7 cm³/mol. The van der Waals surface area contributed by atoms with Crippen LogP contribution in [0.3, 0.4) is 0 Å². The van der Waals surface area contributed by atoms with Crippen molar-refractivity contribution in [1.82, 2.24) is 5.32 Å². The number of hydrogen-bond donors (Lipinski definition) is 1. The minimum atomic E-state index is 0.736. The van der Waals surface area contributed by atoms with Gasteiger partial charge in [0.1, 0.15) is 0 Å². The van der Waals surface area contributed by atoms with E-state index in [4.69, 9.17) is 0 Å². The summed E-state index contributed by atoms with van der Waals surface area (Å²) in [6.07, 6.45) is 14.5. The van der Waals surface area contributed by atoms with Crippen LogP contribution in [-0.2, 0) is 0 Å². The molecule has 1 rings (SSSR count). The first kappa shape index (κ1) is 13.8. The van der Waals surface area contributed by atoms with Crippen molar-refractivity contribution in [2.75, 3.05) is 6.54 Å². The minimum Gasteiger partial charge on any atom is -0.314 e. The Morgan fingerprint density at radius 3 is 2.62 bits per heavy atom. The Morgan fingerprint density at radius 2 is 1.94 bits per heavy atom. The number of nitrogens with one attached hydrogen (secondary N) is 1. The molecule has 0 radical (unpaired) electrons. The topological polar surface area (TPSA) is 12.0 Å². The van der Waals surface area contributed by atoms with Crippen LogP contribution in [0.5, 0.6) is 0 Å². The van der Waals surface area contributed by atoms with Crippen molar-refractivity contribution in [2.24, 2.45) is 5.92 Å². The van der Waals surface area contributed by atoms with E-state index in [0.29, 0.717) is 0 Å². The third-order valence-corrected chi connectivity index (χ3v) is 3.91. The molecular formula is C15H29N. The van der Waals surface area contributed by atoms with Gasteiger partial charge in [0, 0.05) is 6.04 Å². The zero-order valence-electron chi connectivity index (χ0n) is 11.0. The van der Waals surface area contributed by atoms with Gasteiger partial charge in [-0.15, -0.1) is 6.58 Å². The van der Waals surface area contributed by atoms with Crippen molar-refractivity contribution < 1.29 is 0 Å². The standard InChI is InChI=1S/C15H29N/c1-3-4-5-6-10-13-16-14(2)15-11-8-7-9-12-15/h3,14-16H,1,4-13H2,2H3. The van der Waals surface area contributed by atoms with Crippen molar-refractivity contribution in [1.29, 1.82) is 0 Å². The first-order valence-corrected chi connectivity index (χ1v) is 7.19. The second-order valence-electron chi connectivity index (χ2n) is 5.28. The molecule has 0 aliphatic heterocycles. The Balaban J connectivity index is 1.96. The van der Waals surface area contributed by atoms with Crippen LogP contribution in [0, 0.1) is 5.92 Å². The lowest BCUT2D eigenvalue weighted by Crippen LogP contribution is -2.35. The highest BCUT2D eigenvalue weighted by atomic mass is 14.9. The van der Waals surface area contributed by atoms with Crippen molar-refractivity contribution in [3.8, 4) is 0 Å². The van der Waals surface area contributed by atoms with Gasteiger partial charge in [-0.2, -0.15) is 0 Å². The average molecular weight is 223 g/mol. The van der Waals surface area contributed by atoms with Crippen molar-refractivity contribution >= 4 is 0 Å². The number of hydrogen-bond acceptors (Lipinski definition) is 1. The molecule has 0 aromatic rings. The highest BCUT2D eigenvalue weighted by Crippen LogP contribution is 2.26. The van der Waals surface area contributed by atoms with Crippen LogP contribution in [0.1, 0.15) is 64.7 Å². The summed E-state index contributed by atoms with van der Waals surface area (Å²) in [4.78, 5) is 0. The summed E-state index contributed by atoms with van der Waals surface area (Å²) in [7, 11) is 0. The molecule has 1 fully saturated rings. The fourth-order valence-electron chi connectivity index (χ4n) is 2.72. The van der Waals surface area contributed by atoms with Gasteiger partial charge < -0.3 is 5.32 Å². The van der Waals surface area contributed by atoms with E-state index in [-0.39, 0.29) is 0 Å². The van der Waals surface area contributed by atoms with E-state index in [1.54, 1.807) is 0 Å². The second kappa shape index (κ2) is 8.81. The largest absolute Gasteiger partial charge is 0.314 e. The van der Waals surface area contributed by atoms with Crippen LogP contribution >= 0.6 is 0 Å². The van der Waals surface area contributed by atoms with Gasteiger partial charge in [0.25, 0.3) is 0 Å². The van der Waals surface area contributed by atoms with Crippen LogP contribution in [0.25, 0.3) is 0 Å². The molecule has 1 atom stereocenters. The maximum Gasteiger partial charge on any atom is 0.00669 e. The first-order valence-electron chi connectivity index (χ1n) is 7.19. The zero-order chi connectivity index (χ0) is 11.6. The Hall–Kier alpha value is -0.300. The van der Waals surface area contributed by atoms with Crippen LogP contribution in [0.4, 0.5) is 0 Å². The molecule has 0 saturated heterocycles. The molecule has 1 nitrogen and oxygen atoms in total. The summed E-state index contributed by atoms with van der Waals surface area (Å²) in [5.74, 6) is 0.946. The summed E-state index contributed by atoms with van der Waals surface area (Å²) in [6.45, 7) is 7.33.